The molecule has 1 aliphatic rings. The van der Waals surface area contributed by atoms with E-state index in [1.54, 1.807) is 17.2 Å². The van der Waals surface area contributed by atoms with Crippen molar-refractivity contribution < 1.29 is 19.6 Å². The number of carbonyl (C=O) groups is 1. The van der Waals surface area contributed by atoms with Gasteiger partial charge in [-0.1, -0.05) is 6.07 Å². The summed E-state index contributed by atoms with van der Waals surface area (Å²) in [6.45, 7) is 6.13. The van der Waals surface area contributed by atoms with E-state index < -0.39 is 12.7 Å². The van der Waals surface area contributed by atoms with Gasteiger partial charge in [-0.15, -0.1) is 0 Å². The highest BCUT2D eigenvalue weighted by molar-refractivity contribution is 6.58. The molecule has 0 aliphatic carbocycles. The van der Waals surface area contributed by atoms with E-state index in [1.165, 1.54) is 6.20 Å². The Labute approximate surface area is 124 Å². The first-order valence-electron chi connectivity index (χ1n) is 7.08. The van der Waals surface area contributed by atoms with E-state index in [1.807, 2.05) is 20.8 Å². The van der Waals surface area contributed by atoms with Crippen LogP contribution in [0.1, 0.15) is 45.2 Å². The van der Waals surface area contributed by atoms with Gasteiger partial charge in [0.15, 0.2) is 0 Å². The molecule has 7 heteroatoms. The van der Waals surface area contributed by atoms with E-state index >= 15 is 0 Å². The van der Waals surface area contributed by atoms with Gasteiger partial charge < -0.3 is 19.7 Å². The summed E-state index contributed by atoms with van der Waals surface area (Å²) in [5, 5.41) is 18.5. The quantitative estimate of drug-likeness (QED) is 0.789. The summed E-state index contributed by atoms with van der Waals surface area (Å²) >= 11 is 0. The molecule has 0 saturated carbocycles. The molecule has 0 radical (unpaired) electrons. The van der Waals surface area contributed by atoms with Crippen molar-refractivity contribution in [3.8, 4) is 0 Å². The number of ether oxygens (including phenoxy) is 1. The first kappa shape index (κ1) is 15.8. The SMILES string of the molecule is CC(C)(C)OC(=O)N1CCCC1c1cncc(B(O)O)c1. The minimum absolute atomic E-state index is 0.133. The van der Waals surface area contributed by atoms with Crippen LogP contribution >= 0.6 is 0 Å². The van der Waals surface area contributed by atoms with Crippen LogP contribution in [0, 0.1) is 0 Å². The van der Waals surface area contributed by atoms with Crippen LogP contribution < -0.4 is 5.46 Å². The van der Waals surface area contributed by atoms with Gasteiger partial charge in [0, 0.05) is 24.4 Å². The molecule has 2 N–H and O–H groups in total. The minimum atomic E-state index is -1.56. The topological polar surface area (TPSA) is 82.9 Å². The standard InChI is InChI=1S/C14H21BN2O4/c1-14(2,3)21-13(18)17-6-4-5-12(17)10-7-11(15(19)20)9-16-8-10/h7-9,12,19-20H,4-6H2,1-3H3. The van der Waals surface area contributed by atoms with Crippen LogP contribution in [0.2, 0.25) is 0 Å². The highest BCUT2D eigenvalue weighted by Gasteiger charge is 2.33. The fourth-order valence-corrected chi connectivity index (χ4v) is 2.45. The fourth-order valence-electron chi connectivity index (χ4n) is 2.45. The highest BCUT2D eigenvalue weighted by Crippen LogP contribution is 2.32. The normalized spacial score (nSPS) is 18.7. The molecule has 0 aromatic carbocycles. The molecule has 1 amide bonds. The summed E-state index contributed by atoms with van der Waals surface area (Å²) in [4.78, 5) is 17.9. The number of aromatic nitrogens is 1. The Morgan fingerprint density at radius 3 is 2.76 bits per heavy atom. The summed E-state index contributed by atoms with van der Waals surface area (Å²) in [5.41, 5.74) is 0.582. The molecule has 1 unspecified atom stereocenters. The predicted molar refractivity (Wildman–Crippen MR) is 79.0 cm³/mol. The van der Waals surface area contributed by atoms with E-state index in [0.717, 1.165) is 18.4 Å². The van der Waals surface area contributed by atoms with Crippen molar-refractivity contribution in [1.82, 2.24) is 9.88 Å². The number of nitrogens with zero attached hydrogens (tertiary/aromatic N) is 2. The zero-order valence-electron chi connectivity index (χ0n) is 12.6. The largest absolute Gasteiger partial charge is 0.490 e. The van der Waals surface area contributed by atoms with E-state index in [2.05, 4.69) is 4.98 Å². The molecule has 1 aromatic heterocycles. The molecule has 0 spiro atoms. The van der Waals surface area contributed by atoms with Gasteiger partial charge in [0.05, 0.1) is 6.04 Å². The molecule has 1 aromatic rings. The van der Waals surface area contributed by atoms with Crippen molar-refractivity contribution in [3.63, 3.8) is 0 Å². The minimum Gasteiger partial charge on any atom is -0.444 e. The van der Waals surface area contributed by atoms with E-state index in [-0.39, 0.29) is 12.1 Å². The lowest BCUT2D eigenvalue weighted by Gasteiger charge is -2.28. The third kappa shape index (κ3) is 3.95. The van der Waals surface area contributed by atoms with Gasteiger partial charge in [-0.25, -0.2) is 4.79 Å². The van der Waals surface area contributed by atoms with E-state index in [0.29, 0.717) is 12.0 Å². The number of carbonyl (C=O) groups excluding carboxylic acids is 1. The second-order valence-corrected chi connectivity index (χ2v) is 6.26. The van der Waals surface area contributed by atoms with Crippen molar-refractivity contribution in [2.75, 3.05) is 6.54 Å². The third-order valence-corrected chi connectivity index (χ3v) is 3.34. The van der Waals surface area contributed by atoms with Crippen LogP contribution in [-0.2, 0) is 4.74 Å². The molecule has 1 atom stereocenters. The molecule has 6 nitrogen and oxygen atoms in total. The average molecular weight is 292 g/mol. The maximum Gasteiger partial charge on any atom is 0.490 e. The number of rotatable bonds is 2. The van der Waals surface area contributed by atoms with Gasteiger partial charge in [-0.2, -0.15) is 0 Å². The van der Waals surface area contributed by atoms with Crippen LogP contribution in [0.5, 0.6) is 0 Å². The molecular weight excluding hydrogens is 271 g/mol. The molecule has 21 heavy (non-hydrogen) atoms. The van der Waals surface area contributed by atoms with E-state index in [9.17, 15) is 14.8 Å². The summed E-state index contributed by atoms with van der Waals surface area (Å²) in [7, 11) is -1.56. The Morgan fingerprint density at radius 2 is 2.14 bits per heavy atom. The van der Waals surface area contributed by atoms with Gasteiger partial charge in [-0.3, -0.25) is 4.98 Å². The highest BCUT2D eigenvalue weighted by atomic mass is 16.6. The van der Waals surface area contributed by atoms with Gasteiger partial charge in [-0.05, 0) is 39.2 Å². The molecule has 2 heterocycles. The average Bonchev–Trinajstić information content (AvgIpc) is 2.86. The Kier molecular flexibility index (Phi) is 4.53. The van der Waals surface area contributed by atoms with Gasteiger partial charge >= 0.3 is 13.2 Å². The van der Waals surface area contributed by atoms with Crippen molar-refractivity contribution >= 4 is 18.7 Å². The maximum absolute atomic E-state index is 12.2. The summed E-state index contributed by atoms with van der Waals surface area (Å²) in [5.74, 6) is 0. The predicted octanol–water partition coefficient (Wildman–Crippen LogP) is 0.833. The summed E-state index contributed by atoms with van der Waals surface area (Å²) < 4.78 is 5.42. The monoisotopic (exact) mass is 292 g/mol. The Balaban J connectivity index is 2.18. The second kappa shape index (κ2) is 6.03. The van der Waals surface area contributed by atoms with Gasteiger partial charge in [0.2, 0.25) is 0 Å². The number of hydrogen-bond donors (Lipinski definition) is 2. The molecular formula is C14H21BN2O4. The number of likely N-dealkylation sites (tertiary alicyclic amines) is 1. The lowest BCUT2D eigenvalue weighted by Crippen LogP contribution is -2.37. The smallest absolute Gasteiger partial charge is 0.444 e. The molecule has 1 saturated heterocycles. The molecule has 114 valence electrons. The number of amides is 1. The maximum atomic E-state index is 12.2. The van der Waals surface area contributed by atoms with Crippen molar-refractivity contribution in [3.05, 3.63) is 24.0 Å². The number of hydrogen-bond acceptors (Lipinski definition) is 5. The zero-order chi connectivity index (χ0) is 15.6. The number of pyridine rings is 1. The van der Waals surface area contributed by atoms with Crippen LogP contribution in [0.15, 0.2) is 18.5 Å². The molecule has 2 rings (SSSR count). The van der Waals surface area contributed by atoms with Crippen LogP contribution in [-0.4, -0.2) is 45.3 Å². The van der Waals surface area contributed by atoms with Crippen molar-refractivity contribution in [1.29, 1.82) is 0 Å². The van der Waals surface area contributed by atoms with Crippen molar-refractivity contribution in [2.24, 2.45) is 0 Å². The molecule has 0 bridgehead atoms. The van der Waals surface area contributed by atoms with E-state index in [4.69, 9.17) is 4.74 Å². The summed E-state index contributed by atoms with van der Waals surface area (Å²) in [6, 6.07) is 1.54. The fraction of sp³-hybridized carbons (Fsp3) is 0.571. The van der Waals surface area contributed by atoms with Gasteiger partial charge in [0.25, 0.3) is 0 Å². The second-order valence-electron chi connectivity index (χ2n) is 6.26. The third-order valence-electron chi connectivity index (χ3n) is 3.34. The zero-order valence-corrected chi connectivity index (χ0v) is 12.6. The first-order chi connectivity index (χ1) is 9.78. The lowest BCUT2D eigenvalue weighted by atomic mass is 9.80. The molecule has 1 fully saturated rings. The Bertz CT molecular complexity index is 516. The van der Waals surface area contributed by atoms with Crippen LogP contribution in [0.3, 0.4) is 0 Å². The lowest BCUT2D eigenvalue weighted by molar-refractivity contribution is 0.0224. The summed E-state index contributed by atoms with van der Waals surface area (Å²) in [6.07, 6.45) is 4.40. The Morgan fingerprint density at radius 1 is 1.43 bits per heavy atom. The van der Waals surface area contributed by atoms with Gasteiger partial charge in [0.1, 0.15) is 5.60 Å². The Hall–Kier alpha value is -1.60. The first-order valence-corrected chi connectivity index (χ1v) is 7.08. The molecule has 1 aliphatic heterocycles. The van der Waals surface area contributed by atoms with Crippen LogP contribution in [0.25, 0.3) is 0 Å². The van der Waals surface area contributed by atoms with Crippen LogP contribution in [0.4, 0.5) is 4.79 Å². The van der Waals surface area contributed by atoms with Crippen molar-refractivity contribution in [2.45, 2.75) is 45.3 Å².